The number of nitroso groups, excluding NO2 is 1. The Morgan fingerprint density at radius 2 is 2.29 bits per heavy atom. The van der Waals surface area contributed by atoms with Crippen molar-refractivity contribution in [2.45, 2.75) is 37.9 Å². The summed E-state index contributed by atoms with van der Waals surface area (Å²) in [5.74, 6) is 0. The van der Waals surface area contributed by atoms with Gasteiger partial charge in [0.05, 0.1) is 17.4 Å². The van der Waals surface area contributed by atoms with Gasteiger partial charge in [-0.1, -0.05) is 0 Å². The Bertz CT molecular complexity index is 288. The van der Waals surface area contributed by atoms with E-state index in [-0.39, 0.29) is 0 Å². The van der Waals surface area contributed by atoms with E-state index in [0.29, 0.717) is 11.4 Å². The summed E-state index contributed by atoms with van der Waals surface area (Å²) in [6, 6.07) is -1.21. The lowest BCUT2D eigenvalue weighted by atomic mass is 10.00. The Labute approximate surface area is 98.8 Å². The second kappa shape index (κ2) is 5.89. The molecule has 1 heterocycles. The van der Waals surface area contributed by atoms with Gasteiger partial charge in [0.15, 0.2) is 6.29 Å². The molecule has 8 heteroatoms. The Kier molecular flexibility index (Phi) is 4.79. The zero-order valence-electron chi connectivity index (χ0n) is 9.99. The van der Waals surface area contributed by atoms with Crippen molar-refractivity contribution in [3.05, 3.63) is 4.91 Å². The average Bonchev–Trinajstić information content (AvgIpc) is 2.33. The molecular formula is C9H17N3O5. The highest BCUT2D eigenvalue weighted by Crippen LogP contribution is 2.20. The van der Waals surface area contributed by atoms with E-state index >= 15 is 0 Å². The number of carbonyl (C=O) groups excluding carboxylic acids is 1. The van der Waals surface area contributed by atoms with Crippen LogP contribution in [0.1, 0.15) is 13.3 Å². The summed E-state index contributed by atoms with van der Waals surface area (Å²) in [6.07, 6.45) is -1.51. The molecule has 1 fully saturated rings. The second-order valence-electron chi connectivity index (χ2n) is 3.89. The molecule has 0 bridgehead atoms. The van der Waals surface area contributed by atoms with Crippen LogP contribution in [0.4, 0.5) is 4.79 Å². The molecule has 0 aromatic rings. The zero-order chi connectivity index (χ0) is 13.0. The number of rotatable bonds is 3. The largest absolute Gasteiger partial charge is 0.388 e. The highest BCUT2D eigenvalue weighted by atomic mass is 16.7. The molecule has 4 atom stereocenters. The summed E-state index contributed by atoms with van der Waals surface area (Å²) in [6.45, 7) is 1.68. The number of aliphatic hydroxyl groups is 1. The lowest BCUT2D eigenvalue weighted by molar-refractivity contribution is -0.213. The van der Waals surface area contributed by atoms with E-state index in [1.165, 1.54) is 14.2 Å². The normalized spacial score (nSPS) is 32.9. The van der Waals surface area contributed by atoms with Crippen LogP contribution in [0.15, 0.2) is 5.29 Å². The summed E-state index contributed by atoms with van der Waals surface area (Å²) in [4.78, 5) is 21.6. The fourth-order valence-corrected chi connectivity index (χ4v) is 1.63. The minimum Gasteiger partial charge on any atom is -0.388 e. The standard InChI is InChI=1S/C9H17N3O5/c1-5-8(13)6(4-7(16-3)17-5)10-9(14)12(2)11-15/h5-8,13H,4H2,1-3H3,(H,10,14). The number of aliphatic hydroxyl groups excluding tert-OH is 1. The van der Waals surface area contributed by atoms with Gasteiger partial charge in [0.1, 0.15) is 6.10 Å². The number of ether oxygens (including phenoxy) is 2. The summed E-state index contributed by atoms with van der Waals surface area (Å²) in [5, 5.41) is 15.4. The van der Waals surface area contributed by atoms with Crippen LogP contribution in [0.25, 0.3) is 0 Å². The molecule has 8 nitrogen and oxygen atoms in total. The third kappa shape index (κ3) is 3.35. The van der Waals surface area contributed by atoms with Crippen molar-refractivity contribution in [3.8, 4) is 0 Å². The van der Waals surface area contributed by atoms with Crippen molar-refractivity contribution in [2.75, 3.05) is 14.2 Å². The van der Waals surface area contributed by atoms with E-state index in [2.05, 4.69) is 10.6 Å². The predicted molar refractivity (Wildman–Crippen MR) is 57.8 cm³/mol. The van der Waals surface area contributed by atoms with E-state index in [1.807, 2.05) is 0 Å². The first-order chi connectivity index (χ1) is 7.99. The summed E-state index contributed by atoms with van der Waals surface area (Å²) in [7, 11) is 2.71. The van der Waals surface area contributed by atoms with Gasteiger partial charge in [0.25, 0.3) is 0 Å². The Morgan fingerprint density at radius 3 is 2.82 bits per heavy atom. The van der Waals surface area contributed by atoms with Crippen LogP contribution in [0.3, 0.4) is 0 Å². The number of nitrogens with zero attached hydrogens (tertiary/aromatic N) is 2. The number of urea groups is 1. The number of nitrogens with one attached hydrogen (secondary N) is 1. The molecule has 2 N–H and O–H groups in total. The monoisotopic (exact) mass is 247 g/mol. The van der Waals surface area contributed by atoms with E-state index in [4.69, 9.17) is 9.47 Å². The molecule has 0 radical (unpaired) electrons. The third-order valence-corrected chi connectivity index (χ3v) is 2.69. The molecule has 4 unspecified atom stereocenters. The summed E-state index contributed by atoms with van der Waals surface area (Å²) < 4.78 is 10.3. The minimum absolute atomic E-state index is 0.306. The van der Waals surface area contributed by atoms with Gasteiger partial charge < -0.3 is 19.9 Å². The number of hydrogen-bond donors (Lipinski definition) is 2. The van der Waals surface area contributed by atoms with Gasteiger partial charge >= 0.3 is 6.03 Å². The van der Waals surface area contributed by atoms with Gasteiger partial charge in [-0.2, -0.15) is 5.01 Å². The van der Waals surface area contributed by atoms with Crippen molar-refractivity contribution in [2.24, 2.45) is 5.29 Å². The van der Waals surface area contributed by atoms with Gasteiger partial charge in [0.2, 0.25) is 0 Å². The number of methoxy groups -OCH3 is 1. The molecule has 0 saturated carbocycles. The highest BCUT2D eigenvalue weighted by Gasteiger charge is 2.36. The predicted octanol–water partition coefficient (Wildman–Crippen LogP) is -0.180. The van der Waals surface area contributed by atoms with E-state index in [1.54, 1.807) is 6.92 Å². The van der Waals surface area contributed by atoms with Gasteiger partial charge in [-0.15, -0.1) is 4.91 Å². The number of hydrogen-bond acceptors (Lipinski definition) is 6. The van der Waals surface area contributed by atoms with Crippen molar-refractivity contribution < 1.29 is 19.4 Å². The van der Waals surface area contributed by atoms with E-state index in [0.717, 1.165) is 0 Å². The topological polar surface area (TPSA) is 100 Å². The maximum atomic E-state index is 11.4. The summed E-state index contributed by atoms with van der Waals surface area (Å²) >= 11 is 0. The molecular weight excluding hydrogens is 230 g/mol. The number of carbonyl (C=O) groups is 1. The molecule has 98 valence electrons. The average molecular weight is 247 g/mol. The van der Waals surface area contributed by atoms with Gasteiger partial charge in [0, 0.05) is 20.6 Å². The molecule has 0 aromatic carbocycles. The number of amides is 2. The first-order valence-electron chi connectivity index (χ1n) is 5.23. The molecule has 0 aromatic heterocycles. The van der Waals surface area contributed by atoms with Gasteiger partial charge in [-0.05, 0) is 6.92 Å². The maximum absolute atomic E-state index is 11.4. The van der Waals surface area contributed by atoms with Crippen LogP contribution in [0.2, 0.25) is 0 Å². The summed E-state index contributed by atoms with van der Waals surface area (Å²) in [5.41, 5.74) is 0. The minimum atomic E-state index is -0.856. The lowest BCUT2D eigenvalue weighted by Gasteiger charge is -2.37. The third-order valence-electron chi connectivity index (χ3n) is 2.69. The van der Waals surface area contributed by atoms with E-state index in [9.17, 15) is 14.8 Å². The lowest BCUT2D eigenvalue weighted by Crippen LogP contribution is -2.56. The van der Waals surface area contributed by atoms with Crippen LogP contribution in [-0.4, -0.2) is 54.8 Å². The van der Waals surface area contributed by atoms with Crippen molar-refractivity contribution in [1.82, 2.24) is 10.3 Å². The van der Waals surface area contributed by atoms with Crippen LogP contribution in [-0.2, 0) is 9.47 Å². The second-order valence-corrected chi connectivity index (χ2v) is 3.89. The first-order valence-corrected chi connectivity index (χ1v) is 5.23. The molecule has 1 rings (SSSR count). The van der Waals surface area contributed by atoms with Crippen molar-refractivity contribution in [1.29, 1.82) is 0 Å². The smallest absolute Gasteiger partial charge is 0.340 e. The maximum Gasteiger partial charge on any atom is 0.340 e. The fraction of sp³-hybridized carbons (Fsp3) is 0.889. The van der Waals surface area contributed by atoms with Crippen LogP contribution in [0, 0.1) is 4.91 Å². The molecule has 0 aliphatic carbocycles. The molecule has 1 aliphatic rings. The quantitative estimate of drug-likeness (QED) is 0.532. The molecule has 2 amide bonds. The highest BCUT2D eigenvalue weighted by molar-refractivity contribution is 5.73. The van der Waals surface area contributed by atoms with Crippen LogP contribution >= 0.6 is 0 Å². The van der Waals surface area contributed by atoms with Gasteiger partial charge in [-0.3, -0.25) is 0 Å². The SMILES string of the molecule is COC1CC(NC(=O)N(C)N=O)C(O)C(C)O1. The molecule has 1 saturated heterocycles. The van der Waals surface area contributed by atoms with Crippen molar-refractivity contribution in [3.63, 3.8) is 0 Å². The van der Waals surface area contributed by atoms with Gasteiger partial charge in [-0.25, -0.2) is 4.79 Å². The Morgan fingerprint density at radius 1 is 1.65 bits per heavy atom. The fourth-order valence-electron chi connectivity index (χ4n) is 1.63. The molecule has 0 spiro atoms. The Hall–Kier alpha value is -1.25. The molecule has 1 aliphatic heterocycles. The van der Waals surface area contributed by atoms with Crippen LogP contribution < -0.4 is 5.32 Å². The Balaban J connectivity index is 2.61. The van der Waals surface area contributed by atoms with Crippen LogP contribution in [0.5, 0.6) is 0 Å². The van der Waals surface area contributed by atoms with E-state index < -0.39 is 30.6 Å². The first kappa shape index (κ1) is 13.8. The van der Waals surface area contributed by atoms with Crippen molar-refractivity contribution >= 4 is 6.03 Å². The zero-order valence-corrected chi connectivity index (χ0v) is 9.99. The molecule has 17 heavy (non-hydrogen) atoms.